The number of halogens is 1. The van der Waals surface area contributed by atoms with Crippen LogP contribution < -0.4 is 16.8 Å². The minimum atomic E-state index is -1.06. The van der Waals surface area contributed by atoms with E-state index in [-0.39, 0.29) is 11.9 Å². The molecule has 2 aromatic carbocycles. The lowest BCUT2D eigenvalue weighted by Crippen LogP contribution is -2.22. The first-order valence-corrected chi connectivity index (χ1v) is 7.86. The number of aryl methyl sites for hydroxylation is 1. The summed E-state index contributed by atoms with van der Waals surface area (Å²) in [5, 5.41) is 11.7. The number of nitrogens with one attached hydrogen (secondary N) is 1. The van der Waals surface area contributed by atoms with Crippen LogP contribution in [0.2, 0.25) is 5.02 Å². The molecule has 26 heavy (non-hydrogen) atoms. The SMILES string of the molecule is Cc1cc(C=CC(=O)O)cc(Cl)c1NC(=O)c1cccc(N=C(N)N)c1. The predicted octanol–water partition coefficient (Wildman–Crippen LogP) is 2.90. The number of hydrogen-bond donors (Lipinski definition) is 4. The molecule has 0 bridgehead atoms. The molecule has 0 unspecified atom stereocenters. The summed E-state index contributed by atoms with van der Waals surface area (Å²) in [5.74, 6) is -1.54. The van der Waals surface area contributed by atoms with Crippen LogP contribution in [0.25, 0.3) is 6.08 Å². The van der Waals surface area contributed by atoms with Crippen molar-refractivity contribution in [2.75, 3.05) is 5.32 Å². The molecule has 0 aliphatic carbocycles. The fraction of sp³-hybridized carbons (Fsp3) is 0.0556. The lowest BCUT2D eigenvalue weighted by molar-refractivity contribution is -0.131. The quantitative estimate of drug-likeness (QED) is 0.364. The fourth-order valence-electron chi connectivity index (χ4n) is 2.24. The van der Waals surface area contributed by atoms with Crippen LogP contribution in [0, 0.1) is 6.92 Å². The number of guanidine groups is 1. The number of carbonyl (C=O) groups excluding carboxylic acids is 1. The molecule has 0 fully saturated rings. The van der Waals surface area contributed by atoms with Crippen LogP contribution in [0.1, 0.15) is 21.5 Å². The number of carbonyl (C=O) groups is 2. The second-order valence-electron chi connectivity index (χ2n) is 5.41. The number of hydrogen-bond acceptors (Lipinski definition) is 3. The highest BCUT2D eigenvalue weighted by Crippen LogP contribution is 2.29. The molecule has 1 amide bonds. The Morgan fingerprint density at radius 2 is 1.96 bits per heavy atom. The third-order valence-electron chi connectivity index (χ3n) is 3.33. The number of nitrogens with zero attached hydrogens (tertiary/aromatic N) is 1. The van der Waals surface area contributed by atoms with Gasteiger partial charge in [-0.15, -0.1) is 0 Å². The number of nitrogens with two attached hydrogens (primary N) is 2. The summed E-state index contributed by atoms with van der Waals surface area (Å²) in [6.45, 7) is 1.76. The fourth-order valence-corrected chi connectivity index (χ4v) is 2.57. The lowest BCUT2D eigenvalue weighted by Gasteiger charge is -2.12. The van der Waals surface area contributed by atoms with Crippen molar-refractivity contribution in [3.05, 3.63) is 64.2 Å². The van der Waals surface area contributed by atoms with Gasteiger partial charge in [-0.25, -0.2) is 9.79 Å². The second kappa shape index (κ2) is 8.17. The summed E-state index contributed by atoms with van der Waals surface area (Å²) in [6.07, 6.45) is 2.43. The van der Waals surface area contributed by atoms with Gasteiger partial charge in [-0.05, 0) is 54.5 Å². The average molecular weight is 373 g/mol. The van der Waals surface area contributed by atoms with E-state index in [0.717, 1.165) is 6.08 Å². The Kier molecular flexibility index (Phi) is 5.98. The molecule has 0 saturated heterocycles. The molecule has 8 heteroatoms. The van der Waals surface area contributed by atoms with Crippen molar-refractivity contribution in [2.24, 2.45) is 16.5 Å². The zero-order chi connectivity index (χ0) is 19.3. The standard InChI is InChI=1S/C18H17ClN4O3/c1-10-7-11(5-6-15(24)25)8-14(19)16(10)23-17(26)12-3-2-4-13(9-12)22-18(20)21/h2-9H,1H3,(H,23,26)(H,24,25)(H4,20,21,22). The van der Waals surface area contributed by atoms with Gasteiger partial charge in [0.2, 0.25) is 0 Å². The Labute approximate surface area is 155 Å². The molecule has 0 radical (unpaired) electrons. The van der Waals surface area contributed by atoms with Crippen molar-refractivity contribution in [1.82, 2.24) is 0 Å². The number of anilines is 1. The molecule has 0 saturated carbocycles. The highest BCUT2D eigenvalue weighted by molar-refractivity contribution is 6.34. The number of aliphatic imine (C=N–C) groups is 1. The molecule has 0 aliphatic heterocycles. The van der Waals surface area contributed by atoms with Crippen molar-refractivity contribution in [3.8, 4) is 0 Å². The second-order valence-corrected chi connectivity index (χ2v) is 5.81. The van der Waals surface area contributed by atoms with E-state index in [1.54, 1.807) is 43.3 Å². The van der Waals surface area contributed by atoms with E-state index in [2.05, 4.69) is 10.3 Å². The maximum atomic E-state index is 12.5. The molecular weight excluding hydrogens is 356 g/mol. The van der Waals surface area contributed by atoms with Crippen LogP contribution in [-0.4, -0.2) is 22.9 Å². The van der Waals surface area contributed by atoms with E-state index >= 15 is 0 Å². The number of carboxylic acid groups (broad SMARTS) is 1. The Morgan fingerprint density at radius 1 is 1.23 bits per heavy atom. The van der Waals surface area contributed by atoms with Gasteiger partial charge in [-0.1, -0.05) is 17.7 Å². The van der Waals surface area contributed by atoms with Crippen LogP contribution in [0.15, 0.2) is 47.5 Å². The van der Waals surface area contributed by atoms with Crippen LogP contribution in [0.3, 0.4) is 0 Å². The number of aliphatic carboxylic acids is 1. The molecule has 0 heterocycles. The van der Waals surface area contributed by atoms with E-state index in [4.69, 9.17) is 28.2 Å². The average Bonchev–Trinajstić information content (AvgIpc) is 2.55. The summed E-state index contributed by atoms with van der Waals surface area (Å²) < 4.78 is 0. The highest BCUT2D eigenvalue weighted by Gasteiger charge is 2.12. The highest BCUT2D eigenvalue weighted by atomic mass is 35.5. The van der Waals surface area contributed by atoms with E-state index in [1.807, 2.05) is 0 Å². The Balaban J connectivity index is 2.27. The number of amides is 1. The molecule has 0 spiro atoms. The minimum Gasteiger partial charge on any atom is -0.478 e. The van der Waals surface area contributed by atoms with E-state index in [1.165, 1.54) is 6.08 Å². The molecular formula is C18H17ClN4O3. The summed E-state index contributed by atoms with van der Waals surface area (Å²) in [6, 6.07) is 9.77. The van der Waals surface area contributed by atoms with Gasteiger partial charge in [0, 0.05) is 11.6 Å². The number of benzene rings is 2. The topological polar surface area (TPSA) is 131 Å². The Morgan fingerprint density at radius 3 is 2.58 bits per heavy atom. The van der Waals surface area contributed by atoms with Crippen LogP contribution in [-0.2, 0) is 4.79 Å². The number of carboxylic acids is 1. The zero-order valence-electron chi connectivity index (χ0n) is 13.9. The first kappa shape index (κ1) is 19.0. The molecule has 7 nitrogen and oxygen atoms in total. The molecule has 6 N–H and O–H groups in total. The van der Waals surface area contributed by atoms with Crippen LogP contribution >= 0.6 is 11.6 Å². The van der Waals surface area contributed by atoms with Gasteiger partial charge in [0.25, 0.3) is 5.91 Å². The Hall–Kier alpha value is -3.32. The smallest absolute Gasteiger partial charge is 0.328 e. The summed E-state index contributed by atoms with van der Waals surface area (Å²) in [7, 11) is 0. The molecule has 0 atom stereocenters. The van der Waals surface area contributed by atoms with Crippen molar-refractivity contribution in [1.29, 1.82) is 0 Å². The van der Waals surface area contributed by atoms with E-state index in [9.17, 15) is 9.59 Å². The van der Waals surface area contributed by atoms with Gasteiger partial charge in [-0.3, -0.25) is 4.79 Å². The summed E-state index contributed by atoms with van der Waals surface area (Å²) in [4.78, 5) is 27.0. The monoisotopic (exact) mass is 372 g/mol. The van der Waals surface area contributed by atoms with Gasteiger partial charge in [0.15, 0.2) is 5.96 Å². The van der Waals surface area contributed by atoms with E-state index < -0.39 is 5.97 Å². The van der Waals surface area contributed by atoms with Gasteiger partial charge in [-0.2, -0.15) is 0 Å². The maximum Gasteiger partial charge on any atom is 0.328 e. The number of rotatable bonds is 5. The summed E-state index contributed by atoms with van der Waals surface area (Å²) in [5.41, 5.74) is 13.2. The molecule has 0 aliphatic rings. The van der Waals surface area contributed by atoms with Gasteiger partial charge < -0.3 is 21.9 Å². The van der Waals surface area contributed by atoms with Crippen LogP contribution in [0.5, 0.6) is 0 Å². The van der Waals surface area contributed by atoms with Gasteiger partial charge in [0.1, 0.15) is 0 Å². The maximum absolute atomic E-state index is 12.5. The minimum absolute atomic E-state index is 0.105. The van der Waals surface area contributed by atoms with Crippen LogP contribution in [0.4, 0.5) is 11.4 Å². The van der Waals surface area contributed by atoms with Crippen molar-refractivity contribution < 1.29 is 14.7 Å². The molecule has 2 aromatic rings. The first-order valence-electron chi connectivity index (χ1n) is 7.48. The zero-order valence-corrected chi connectivity index (χ0v) is 14.6. The van der Waals surface area contributed by atoms with Crippen molar-refractivity contribution in [3.63, 3.8) is 0 Å². The summed E-state index contributed by atoms with van der Waals surface area (Å²) >= 11 is 6.23. The first-order chi connectivity index (χ1) is 12.3. The normalized spacial score (nSPS) is 10.5. The van der Waals surface area contributed by atoms with Gasteiger partial charge in [0.05, 0.1) is 16.4 Å². The Bertz CT molecular complexity index is 895. The van der Waals surface area contributed by atoms with Crippen molar-refractivity contribution >= 4 is 46.9 Å². The largest absolute Gasteiger partial charge is 0.478 e. The van der Waals surface area contributed by atoms with Gasteiger partial charge >= 0.3 is 5.97 Å². The van der Waals surface area contributed by atoms with Crippen molar-refractivity contribution in [2.45, 2.75) is 6.92 Å². The third kappa shape index (κ3) is 5.09. The predicted molar refractivity (Wildman–Crippen MR) is 103 cm³/mol. The molecule has 134 valence electrons. The lowest BCUT2D eigenvalue weighted by atomic mass is 10.1. The van der Waals surface area contributed by atoms with E-state index in [0.29, 0.717) is 33.1 Å². The third-order valence-corrected chi connectivity index (χ3v) is 3.63. The molecule has 0 aromatic heterocycles. The molecule has 2 rings (SSSR count).